The summed E-state index contributed by atoms with van der Waals surface area (Å²) in [4.78, 5) is 10.1. The van der Waals surface area contributed by atoms with E-state index in [2.05, 4.69) is 5.32 Å². The molecule has 1 saturated heterocycles. The first kappa shape index (κ1) is 5.76. The molecule has 1 aliphatic rings. The van der Waals surface area contributed by atoms with Crippen molar-refractivity contribution in [1.29, 1.82) is 0 Å². The lowest BCUT2D eigenvalue weighted by Gasteiger charge is -2.12. The minimum atomic E-state index is -0.319. The van der Waals surface area contributed by atoms with Crippen molar-refractivity contribution in [1.82, 2.24) is 5.32 Å². The molecular weight excluding hydrogens is 102 g/mol. The molecule has 2 heteroatoms. The van der Waals surface area contributed by atoms with Crippen LogP contribution < -0.4 is 5.32 Å². The van der Waals surface area contributed by atoms with E-state index in [0.29, 0.717) is 0 Å². The molecule has 1 heterocycles. The van der Waals surface area contributed by atoms with Gasteiger partial charge >= 0.3 is 0 Å². The Kier molecular flexibility index (Phi) is 1.34. The molecule has 8 heavy (non-hydrogen) atoms. The molecule has 1 fully saturated rings. The van der Waals surface area contributed by atoms with Gasteiger partial charge in [-0.15, -0.1) is 0 Å². The Labute approximate surface area is 49.3 Å². The fourth-order valence-corrected chi connectivity index (χ4v) is 0.982. The van der Waals surface area contributed by atoms with Crippen molar-refractivity contribution in [2.24, 2.45) is 0 Å². The normalized spacial score (nSPS) is 37.6. The maximum atomic E-state index is 10.1. The summed E-state index contributed by atoms with van der Waals surface area (Å²) in [6.07, 6.45) is 4.02. The van der Waals surface area contributed by atoms with E-state index in [4.69, 9.17) is 0 Å². The van der Waals surface area contributed by atoms with Crippen LogP contribution in [0.25, 0.3) is 0 Å². The van der Waals surface area contributed by atoms with Gasteiger partial charge in [-0.25, -0.2) is 0 Å². The summed E-state index contributed by atoms with van der Waals surface area (Å²) in [7, 11) is 0. The van der Waals surface area contributed by atoms with Crippen molar-refractivity contribution in [3.8, 4) is 0 Å². The molecule has 1 radical (unpaired) electrons. The third kappa shape index (κ3) is 0.892. The fourth-order valence-electron chi connectivity index (χ4n) is 0.982. The maximum absolute atomic E-state index is 10.1. The molecule has 0 aromatic carbocycles. The van der Waals surface area contributed by atoms with Crippen LogP contribution in [0.15, 0.2) is 0 Å². The monoisotopic (exact) mass is 112 g/mol. The fraction of sp³-hybridized carbons (Fsp3) is 0.833. The molecule has 1 rings (SSSR count). The van der Waals surface area contributed by atoms with E-state index in [9.17, 15) is 4.79 Å². The van der Waals surface area contributed by atoms with Crippen molar-refractivity contribution in [3.63, 3.8) is 0 Å². The summed E-state index contributed by atoms with van der Waals surface area (Å²) in [6.45, 7) is 2.85. The van der Waals surface area contributed by atoms with E-state index < -0.39 is 0 Å². The molecule has 0 aromatic rings. The van der Waals surface area contributed by atoms with Gasteiger partial charge in [0.15, 0.2) is 0 Å². The number of rotatable bonds is 1. The highest BCUT2D eigenvalue weighted by Crippen LogP contribution is 2.14. The zero-order valence-electron chi connectivity index (χ0n) is 5.03. The van der Waals surface area contributed by atoms with Crippen molar-refractivity contribution >= 4 is 6.29 Å². The van der Waals surface area contributed by atoms with Crippen LogP contribution in [0.4, 0.5) is 0 Å². The van der Waals surface area contributed by atoms with Crippen molar-refractivity contribution in [2.75, 3.05) is 6.54 Å². The van der Waals surface area contributed by atoms with Crippen LogP contribution >= 0.6 is 0 Å². The minimum Gasteiger partial charge on any atom is -0.305 e. The third-order valence-corrected chi connectivity index (χ3v) is 1.59. The van der Waals surface area contributed by atoms with Crippen LogP contribution in [-0.2, 0) is 4.79 Å². The average Bonchev–Trinajstić information content (AvgIpc) is 2.17. The quantitative estimate of drug-likeness (QED) is 0.526. The Hall–Kier alpha value is -0.370. The second kappa shape index (κ2) is 1.86. The summed E-state index contributed by atoms with van der Waals surface area (Å²) in [5.41, 5.74) is -0.319. The van der Waals surface area contributed by atoms with Gasteiger partial charge in [0.25, 0.3) is 0 Å². The lowest BCUT2D eigenvalue weighted by molar-refractivity contribution is 0.474. The van der Waals surface area contributed by atoms with E-state index in [1.165, 1.54) is 0 Å². The molecule has 45 valence electrons. The molecular formula is C6H10NO. The first-order valence-electron chi connectivity index (χ1n) is 2.91. The van der Waals surface area contributed by atoms with Crippen LogP contribution in [0.2, 0.25) is 0 Å². The Morgan fingerprint density at radius 3 is 2.75 bits per heavy atom. The number of hydrogen-bond donors (Lipinski definition) is 1. The Morgan fingerprint density at radius 1 is 1.75 bits per heavy atom. The maximum Gasteiger partial charge on any atom is 0.220 e. The van der Waals surface area contributed by atoms with Crippen molar-refractivity contribution in [3.05, 3.63) is 0 Å². The van der Waals surface area contributed by atoms with E-state index in [-0.39, 0.29) is 5.54 Å². The SMILES string of the molecule is CC1([C]=O)CCCN1. The standard InChI is InChI=1S/C6H10NO/c1-6(5-8)3-2-4-7-6/h7H,2-4H2,1H3. The van der Waals surface area contributed by atoms with Gasteiger partial charge in [-0.3, -0.25) is 4.79 Å². The summed E-state index contributed by atoms with van der Waals surface area (Å²) >= 11 is 0. The van der Waals surface area contributed by atoms with E-state index >= 15 is 0 Å². The molecule has 0 aromatic heterocycles. The van der Waals surface area contributed by atoms with Crippen LogP contribution in [-0.4, -0.2) is 18.4 Å². The molecule has 2 nitrogen and oxygen atoms in total. The number of hydrogen-bond acceptors (Lipinski definition) is 2. The van der Waals surface area contributed by atoms with Gasteiger partial charge in [0.2, 0.25) is 6.29 Å². The summed E-state index contributed by atoms with van der Waals surface area (Å²) < 4.78 is 0. The second-order valence-electron chi connectivity index (χ2n) is 2.46. The van der Waals surface area contributed by atoms with Crippen LogP contribution in [0.3, 0.4) is 0 Å². The molecule has 0 amide bonds. The molecule has 1 atom stereocenters. The largest absolute Gasteiger partial charge is 0.305 e. The third-order valence-electron chi connectivity index (χ3n) is 1.59. The van der Waals surface area contributed by atoms with Gasteiger partial charge in [-0.05, 0) is 26.3 Å². The predicted molar refractivity (Wildman–Crippen MR) is 31.3 cm³/mol. The van der Waals surface area contributed by atoms with E-state index in [0.717, 1.165) is 19.4 Å². The Bertz CT molecular complexity index is 94.7. The van der Waals surface area contributed by atoms with E-state index in [1.807, 2.05) is 13.2 Å². The first-order chi connectivity index (χ1) is 3.77. The highest BCUT2D eigenvalue weighted by Gasteiger charge is 2.27. The van der Waals surface area contributed by atoms with Crippen LogP contribution in [0.5, 0.6) is 0 Å². The molecule has 0 saturated carbocycles. The number of nitrogens with one attached hydrogen (secondary N) is 1. The van der Waals surface area contributed by atoms with Crippen molar-refractivity contribution in [2.45, 2.75) is 25.3 Å². The van der Waals surface area contributed by atoms with Crippen molar-refractivity contribution < 1.29 is 4.79 Å². The van der Waals surface area contributed by atoms with Gasteiger partial charge in [0.1, 0.15) is 0 Å². The van der Waals surface area contributed by atoms with Gasteiger partial charge in [0, 0.05) is 0 Å². The van der Waals surface area contributed by atoms with Crippen LogP contribution in [0, 0.1) is 0 Å². The average molecular weight is 112 g/mol. The smallest absolute Gasteiger partial charge is 0.220 e. The zero-order valence-corrected chi connectivity index (χ0v) is 5.03. The summed E-state index contributed by atoms with van der Waals surface area (Å²) in [5.74, 6) is 0. The zero-order chi connectivity index (χ0) is 6.04. The van der Waals surface area contributed by atoms with Crippen LogP contribution in [0.1, 0.15) is 19.8 Å². The molecule has 1 N–H and O–H groups in total. The lowest BCUT2D eigenvalue weighted by Crippen LogP contribution is -2.37. The summed E-state index contributed by atoms with van der Waals surface area (Å²) in [6, 6.07) is 0. The Balaban J connectivity index is 2.52. The van der Waals surface area contributed by atoms with E-state index in [1.54, 1.807) is 0 Å². The highest BCUT2D eigenvalue weighted by molar-refractivity contribution is 5.64. The molecule has 1 unspecified atom stereocenters. The first-order valence-corrected chi connectivity index (χ1v) is 2.91. The topological polar surface area (TPSA) is 29.1 Å². The molecule has 0 aliphatic carbocycles. The molecule has 0 bridgehead atoms. The van der Waals surface area contributed by atoms with Gasteiger partial charge in [-0.2, -0.15) is 0 Å². The minimum absolute atomic E-state index is 0.319. The Morgan fingerprint density at radius 2 is 2.50 bits per heavy atom. The molecule has 1 aliphatic heterocycles. The second-order valence-corrected chi connectivity index (χ2v) is 2.46. The van der Waals surface area contributed by atoms with Gasteiger partial charge in [0.05, 0.1) is 5.54 Å². The van der Waals surface area contributed by atoms with Gasteiger partial charge in [-0.1, -0.05) is 0 Å². The molecule has 0 spiro atoms. The highest BCUT2D eigenvalue weighted by atomic mass is 16.1. The number of carbonyl (C=O) groups excluding carboxylic acids is 1. The summed E-state index contributed by atoms with van der Waals surface area (Å²) in [5, 5.41) is 3.06. The lowest BCUT2D eigenvalue weighted by atomic mass is 10.0. The van der Waals surface area contributed by atoms with Gasteiger partial charge < -0.3 is 5.32 Å². The predicted octanol–water partition coefficient (Wildman–Crippen LogP) is 0.238.